The third-order valence-corrected chi connectivity index (χ3v) is 5.37. The molecule has 19 heavy (non-hydrogen) atoms. The Labute approximate surface area is 117 Å². The molecule has 0 amide bonds. The van der Waals surface area contributed by atoms with Crippen LogP contribution in [0.2, 0.25) is 0 Å². The highest BCUT2D eigenvalue weighted by Gasteiger charge is 2.35. The molecule has 3 unspecified atom stereocenters. The van der Waals surface area contributed by atoms with Crippen LogP contribution in [0.3, 0.4) is 0 Å². The molecule has 1 aromatic rings. The molecular formula is C15H19FN2S. The Balaban J connectivity index is 1.65. The first-order valence-corrected chi connectivity index (χ1v) is 7.80. The minimum absolute atomic E-state index is 0.165. The van der Waals surface area contributed by atoms with Crippen molar-refractivity contribution in [1.82, 2.24) is 0 Å². The van der Waals surface area contributed by atoms with Gasteiger partial charge in [-0.2, -0.15) is 0 Å². The first kappa shape index (κ1) is 13.1. The van der Waals surface area contributed by atoms with Gasteiger partial charge in [-0.1, -0.05) is 12.1 Å². The number of nitrogens with zero attached hydrogens (tertiary/aromatic N) is 1. The molecule has 1 saturated carbocycles. The predicted octanol–water partition coefficient (Wildman–Crippen LogP) is 3.01. The van der Waals surface area contributed by atoms with Crippen molar-refractivity contribution < 1.29 is 4.39 Å². The smallest absolute Gasteiger partial charge is 0.123 e. The number of halogens is 1. The van der Waals surface area contributed by atoms with Crippen LogP contribution in [0.25, 0.3) is 0 Å². The van der Waals surface area contributed by atoms with Gasteiger partial charge >= 0.3 is 0 Å². The van der Waals surface area contributed by atoms with Crippen LogP contribution in [0.5, 0.6) is 0 Å². The van der Waals surface area contributed by atoms with Gasteiger partial charge < -0.3 is 5.73 Å². The first-order valence-electron chi connectivity index (χ1n) is 6.92. The quantitative estimate of drug-likeness (QED) is 0.923. The molecule has 3 atom stereocenters. The van der Waals surface area contributed by atoms with Crippen molar-refractivity contribution in [2.45, 2.75) is 37.0 Å². The molecule has 3 rings (SSSR count). The Morgan fingerprint density at radius 2 is 2.26 bits per heavy atom. The zero-order valence-corrected chi connectivity index (χ0v) is 11.7. The van der Waals surface area contributed by atoms with Gasteiger partial charge in [0.1, 0.15) is 5.82 Å². The van der Waals surface area contributed by atoms with Crippen molar-refractivity contribution in [2.75, 3.05) is 6.54 Å². The molecule has 0 saturated heterocycles. The average Bonchev–Trinajstić information content (AvgIpc) is 2.79. The summed E-state index contributed by atoms with van der Waals surface area (Å²) in [6.07, 6.45) is 4.31. The molecule has 4 heteroatoms. The normalized spacial score (nSPS) is 30.0. The van der Waals surface area contributed by atoms with Gasteiger partial charge in [0, 0.05) is 11.7 Å². The van der Waals surface area contributed by atoms with Gasteiger partial charge in [0.25, 0.3) is 0 Å². The number of hydrogen-bond acceptors (Lipinski definition) is 3. The minimum atomic E-state index is -0.165. The van der Waals surface area contributed by atoms with Gasteiger partial charge in [-0.3, -0.25) is 4.99 Å². The molecule has 2 nitrogen and oxygen atoms in total. The third-order valence-electron chi connectivity index (χ3n) is 4.04. The number of thioether (sulfide) groups is 1. The van der Waals surface area contributed by atoms with Crippen LogP contribution < -0.4 is 5.73 Å². The van der Waals surface area contributed by atoms with Crippen molar-refractivity contribution in [3.05, 3.63) is 35.6 Å². The lowest BCUT2D eigenvalue weighted by Crippen LogP contribution is -2.31. The first-order chi connectivity index (χ1) is 9.24. The number of hydrogen-bond donors (Lipinski definition) is 1. The summed E-state index contributed by atoms with van der Waals surface area (Å²) >= 11 is 1.89. The maximum absolute atomic E-state index is 13.2. The van der Waals surface area contributed by atoms with E-state index in [0.717, 1.165) is 24.9 Å². The van der Waals surface area contributed by atoms with E-state index in [1.54, 1.807) is 12.1 Å². The van der Waals surface area contributed by atoms with Crippen LogP contribution in [0, 0.1) is 11.7 Å². The van der Waals surface area contributed by atoms with Crippen LogP contribution in [-0.2, 0) is 6.42 Å². The fraction of sp³-hybridized carbons (Fsp3) is 0.533. The van der Waals surface area contributed by atoms with Crippen LogP contribution in [0.15, 0.2) is 29.3 Å². The van der Waals surface area contributed by atoms with E-state index in [1.807, 2.05) is 17.8 Å². The summed E-state index contributed by atoms with van der Waals surface area (Å²) < 4.78 is 13.2. The van der Waals surface area contributed by atoms with E-state index in [-0.39, 0.29) is 5.82 Å². The van der Waals surface area contributed by atoms with Gasteiger partial charge in [-0.05, 0) is 49.4 Å². The zero-order valence-electron chi connectivity index (χ0n) is 10.9. The SMILES string of the molecule is NCC1CCC2N=C(Cc3cccc(F)c3)SC2C1. The molecule has 0 radical (unpaired) electrons. The number of benzene rings is 1. The fourth-order valence-electron chi connectivity index (χ4n) is 2.98. The highest BCUT2D eigenvalue weighted by atomic mass is 32.2. The number of aliphatic imine (C=N–C) groups is 1. The summed E-state index contributed by atoms with van der Waals surface area (Å²) in [7, 11) is 0. The average molecular weight is 278 g/mol. The lowest BCUT2D eigenvalue weighted by atomic mass is 9.86. The van der Waals surface area contributed by atoms with E-state index in [0.29, 0.717) is 17.2 Å². The summed E-state index contributed by atoms with van der Waals surface area (Å²) in [5.41, 5.74) is 6.79. The summed E-state index contributed by atoms with van der Waals surface area (Å²) in [4.78, 5) is 4.82. The van der Waals surface area contributed by atoms with E-state index in [9.17, 15) is 4.39 Å². The molecule has 2 aliphatic rings. The fourth-order valence-corrected chi connectivity index (χ4v) is 4.50. The molecule has 1 aliphatic heterocycles. The summed E-state index contributed by atoms with van der Waals surface area (Å²) in [6.45, 7) is 0.795. The van der Waals surface area contributed by atoms with Crippen LogP contribution in [0.1, 0.15) is 24.8 Å². The topological polar surface area (TPSA) is 38.4 Å². The highest BCUT2D eigenvalue weighted by molar-refractivity contribution is 8.14. The second kappa shape index (κ2) is 5.63. The number of rotatable bonds is 3. The molecular weight excluding hydrogens is 259 g/mol. The summed E-state index contributed by atoms with van der Waals surface area (Å²) in [5, 5.41) is 1.77. The molecule has 1 aromatic carbocycles. The Bertz CT molecular complexity index is 489. The number of nitrogens with two attached hydrogens (primary N) is 1. The molecule has 0 aromatic heterocycles. The van der Waals surface area contributed by atoms with Gasteiger partial charge in [0.15, 0.2) is 0 Å². The Hall–Kier alpha value is -0.870. The van der Waals surface area contributed by atoms with Crippen molar-refractivity contribution in [2.24, 2.45) is 16.6 Å². The lowest BCUT2D eigenvalue weighted by Gasteiger charge is -2.28. The van der Waals surface area contributed by atoms with E-state index >= 15 is 0 Å². The van der Waals surface area contributed by atoms with Crippen molar-refractivity contribution in [3.8, 4) is 0 Å². The van der Waals surface area contributed by atoms with Crippen LogP contribution in [-0.4, -0.2) is 22.9 Å². The second-order valence-electron chi connectivity index (χ2n) is 5.47. The van der Waals surface area contributed by atoms with Crippen LogP contribution in [0.4, 0.5) is 4.39 Å². The molecule has 1 heterocycles. The van der Waals surface area contributed by atoms with Gasteiger partial charge in [-0.25, -0.2) is 4.39 Å². The Morgan fingerprint density at radius 3 is 3.05 bits per heavy atom. The largest absolute Gasteiger partial charge is 0.330 e. The van der Waals surface area contributed by atoms with Gasteiger partial charge in [-0.15, -0.1) is 11.8 Å². The maximum Gasteiger partial charge on any atom is 0.123 e. The molecule has 1 fully saturated rings. The molecule has 102 valence electrons. The van der Waals surface area contributed by atoms with Gasteiger partial charge in [0.2, 0.25) is 0 Å². The van der Waals surface area contributed by atoms with Crippen LogP contribution >= 0.6 is 11.8 Å². The van der Waals surface area contributed by atoms with Crippen molar-refractivity contribution in [3.63, 3.8) is 0 Å². The minimum Gasteiger partial charge on any atom is -0.330 e. The molecule has 0 spiro atoms. The molecule has 1 aliphatic carbocycles. The highest BCUT2D eigenvalue weighted by Crippen LogP contribution is 2.39. The molecule has 2 N–H and O–H groups in total. The standard InChI is InChI=1S/C15H19FN2S/c16-12-3-1-2-10(6-12)8-15-18-13-5-4-11(9-17)7-14(13)19-15/h1-3,6,11,13-14H,4-5,7-9,17H2. The zero-order chi connectivity index (χ0) is 13.2. The van der Waals surface area contributed by atoms with Crippen molar-refractivity contribution >= 4 is 16.8 Å². The predicted molar refractivity (Wildman–Crippen MR) is 79.1 cm³/mol. The van der Waals surface area contributed by atoms with E-state index in [2.05, 4.69) is 0 Å². The Kier molecular flexibility index (Phi) is 3.89. The lowest BCUT2D eigenvalue weighted by molar-refractivity contribution is 0.347. The van der Waals surface area contributed by atoms with E-state index < -0.39 is 0 Å². The number of fused-ring (bicyclic) bond motifs is 1. The van der Waals surface area contributed by atoms with E-state index in [1.165, 1.54) is 24.0 Å². The summed E-state index contributed by atoms with van der Waals surface area (Å²) in [5.74, 6) is 0.499. The van der Waals surface area contributed by atoms with Gasteiger partial charge in [0.05, 0.1) is 11.1 Å². The molecule has 0 bridgehead atoms. The van der Waals surface area contributed by atoms with Crippen molar-refractivity contribution in [1.29, 1.82) is 0 Å². The third kappa shape index (κ3) is 3.00. The van der Waals surface area contributed by atoms with E-state index in [4.69, 9.17) is 10.7 Å². The maximum atomic E-state index is 13.2. The summed E-state index contributed by atoms with van der Waals surface area (Å²) in [6, 6.07) is 7.29. The second-order valence-corrected chi connectivity index (χ2v) is 6.78. The monoisotopic (exact) mass is 278 g/mol. The Morgan fingerprint density at radius 1 is 1.37 bits per heavy atom.